The second kappa shape index (κ2) is 9.02. The number of furan rings is 1. The molecule has 34 heavy (non-hydrogen) atoms. The summed E-state index contributed by atoms with van der Waals surface area (Å²) in [7, 11) is 0. The second-order valence-corrected chi connectivity index (χ2v) is 9.07. The number of rotatable bonds is 4. The van der Waals surface area contributed by atoms with Gasteiger partial charge in [0.2, 0.25) is 0 Å². The fraction of sp³-hybridized carbons (Fsp3) is 0.0690. The molecule has 0 spiro atoms. The highest BCUT2D eigenvalue weighted by Gasteiger charge is 2.31. The maximum absolute atomic E-state index is 13.6. The molecule has 0 aliphatic carbocycles. The molecule has 0 bridgehead atoms. The molecule has 0 radical (unpaired) electrons. The molecule has 0 atom stereocenters. The Morgan fingerprint density at radius 1 is 0.824 bits per heavy atom. The zero-order valence-electron chi connectivity index (χ0n) is 18.7. The van der Waals surface area contributed by atoms with E-state index < -0.39 is 0 Å². The fourth-order valence-corrected chi connectivity index (χ4v) is 4.32. The van der Waals surface area contributed by atoms with Gasteiger partial charge in [0, 0.05) is 11.1 Å². The van der Waals surface area contributed by atoms with Crippen LogP contribution < -0.4 is 4.90 Å². The summed E-state index contributed by atoms with van der Waals surface area (Å²) in [5.74, 6) is 1.13. The molecule has 2 heterocycles. The third-order valence-corrected chi connectivity index (χ3v) is 6.53. The largest absolute Gasteiger partial charge is 0.457 e. The van der Waals surface area contributed by atoms with E-state index in [2.05, 4.69) is 6.07 Å². The highest BCUT2D eigenvalue weighted by molar-refractivity contribution is 6.42. The van der Waals surface area contributed by atoms with Gasteiger partial charge in [-0.05, 0) is 79.1 Å². The van der Waals surface area contributed by atoms with E-state index in [-0.39, 0.29) is 5.91 Å². The predicted octanol–water partition coefficient (Wildman–Crippen LogP) is 8.34. The molecule has 4 aromatic rings. The number of nitrogens with zero attached hydrogens (tertiary/aromatic N) is 1. The Morgan fingerprint density at radius 2 is 1.62 bits per heavy atom. The number of aryl methyl sites for hydroxylation is 2. The lowest BCUT2D eigenvalue weighted by Crippen LogP contribution is -2.25. The normalized spacial score (nSPS) is 14.7. The number of benzene rings is 3. The zero-order valence-corrected chi connectivity index (χ0v) is 20.2. The van der Waals surface area contributed by atoms with Crippen molar-refractivity contribution in [1.29, 1.82) is 0 Å². The van der Waals surface area contributed by atoms with E-state index in [1.54, 1.807) is 23.1 Å². The summed E-state index contributed by atoms with van der Waals surface area (Å²) in [4.78, 5) is 15.4. The number of hydrogen-bond acceptors (Lipinski definition) is 2. The van der Waals surface area contributed by atoms with Gasteiger partial charge in [-0.3, -0.25) is 9.69 Å². The van der Waals surface area contributed by atoms with Crippen LogP contribution in [0, 0.1) is 13.8 Å². The maximum Gasteiger partial charge on any atom is 0.263 e. The highest BCUT2D eigenvalue weighted by Crippen LogP contribution is 2.38. The van der Waals surface area contributed by atoms with E-state index in [0.29, 0.717) is 27.1 Å². The topological polar surface area (TPSA) is 33.5 Å². The molecule has 0 fully saturated rings. The van der Waals surface area contributed by atoms with Gasteiger partial charge in [0.25, 0.3) is 5.91 Å². The number of carbonyl (C=O) groups excluding carboxylic acids is 1. The summed E-state index contributed by atoms with van der Waals surface area (Å²) in [6.07, 6.45) is 3.69. The predicted molar refractivity (Wildman–Crippen MR) is 140 cm³/mol. The third kappa shape index (κ3) is 4.21. The molecule has 5 rings (SSSR count). The van der Waals surface area contributed by atoms with E-state index in [0.717, 1.165) is 33.6 Å². The van der Waals surface area contributed by atoms with Crippen LogP contribution in [0.15, 0.2) is 94.9 Å². The molecule has 1 aliphatic rings. The minimum Gasteiger partial charge on any atom is -0.457 e. The average molecular weight is 486 g/mol. The van der Waals surface area contributed by atoms with Crippen molar-refractivity contribution < 1.29 is 9.21 Å². The summed E-state index contributed by atoms with van der Waals surface area (Å²) in [5, 5.41) is 0.946. The molecule has 1 aromatic heterocycles. The van der Waals surface area contributed by atoms with E-state index in [1.807, 2.05) is 80.6 Å². The minimum absolute atomic E-state index is 0.0972. The molecule has 168 valence electrons. The average Bonchev–Trinajstić information content (AvgIpc) is 3.43. The van der Waals surface area contributed by atoms with Gasteiger partial charge in [0.1, 0.15) is 11.5 Å². The van der Waals surface area contributed by atoms with Gasteiger partial charge in [-0.2, -0.15) is 0 Å². The molecule has 3 aromatic carbocycles. The van der Waals surface area contributed by atoms with Crippen molar-refractivity contribution in [3.05, 3.63) is 123 Å². The molecule has 0 unspecified atom stereocenters. The third-order valence-electron chi connectivity index (χ3n) is 5.79. The SMILES string of the molecule is Cc1ccc(C)c(N2C(=O)C(=Cc3ccc(-c4ccc(Cl)c(Cl)c4)o3)C=C2c2ccccc2)c1. The van der Waals surface area contributed by atoms with E-state index >= 15 is 0 Å². The van der Waals surface area contributed by atoms with Gasteiger partial charge < -0.3 is 4.42 Å². The van der Waals surface area contributed by atoms with Crippen LogP contribution in [0.3, 0.4) is 0 Å². The fourth-order valence-electron chi connectivity index (χ4n) is 4.02. The van der Waals surface area contributed by atoms with Crippen LogP contribution in [0.1, 0.15) is 22.5 Å². The monoisotopic (exact) mass is 485 g/mol. The smallest absolute Gasteiger partial charge is 0.263 e. The molecular formula is C29H21Cl2NO2. The van der Waals surface area contributed by atoms with Crippen LogP contribution in [-0.2, 0) is 4.79 Å². The Morgan fingerprint density at radius 3 is 2.38 bits per heavy atom. The summed E-state index contributed by atoms with van der Waals surface area (Å²) in [6.45, 7) is 4.04. The molecule has 1 aliphatic heterocycles. The van der Waals surface area contributed by atoms with Crippen molar-refractivity contribution in [3.8, 4) is 11.3 Å². The first-order chi connectivity index (χ1) is 16.4. The van der Waals surface area contributed by atoms with Gasteiger partial charge in [0.15, 0.2) is 0 Å². The summed E-state index contributed by atoms with van der Waals surface area (Å²) in [5.41, 5.74) is 6.17. The van der Waals surface area contributed by atoms with Crippen molar-refractivity contribution >= 4 is 46.6 Å². The lowest BCUT2D eigenvalue weighted by atomic mass is 10.1. The number of anilines is 1. The Kier molecular flexibility index (Phi) is 5.91. The first-order valence-electron chi connectivity index (χ1n) is 10.9. The molecule has 0 N–H and O–H groups in total. The first kappa shape index (κ1) is 22.3. The summed E-state index contributed by atoms with van der Waals surface area (Å²) >= 11 is 12.2. The maximum atomic E-state index is 13.6. The first-order valence-corrected chi connectivity index (χ1v) is 11.6. The van der Waals surface area contributed by atoms with E-state index in [1.165, 1.54) is 0 Å². The van der Waals surface area contributed by atoms with E-state index in [9.17, 15) is 4.79 Å². The zero-order chi connectivity index (χ0) is 23.8. The Labute approximate surface area is 208 Å². The van der Waals surface area contributed by atoms with Crippen molar-refractivity contribution in [2.75, 3.05) is 4.90 Å². The van der Waals surface area contributed by atoms with Crippen LogP contribution in [0.4, 0.5) is 5.69 Å². The number of hydrogen-bond donors (Lipinski definition) is 0. The minimum atomic E-state index is -0.0972. The molecule has 0 saturated heterocycles. The van der Waals surface area contributed by atoms with Gasteiger partial charge in [-0.25, -0.2) is 0 Å². The van der Waals surface area contributed by atoms with Crippen LogP contribution in [0.2, 0.25) is 10.0 Å². The number of halogens is 2. The quantitative estimate of drug-likeness (QED) is 0.272. The van der Waals surface area contributed by atoms with Gasteiger partial charge in [-0.1, -0.05) is 65.7 Å². The van der Waals surface area contributed by atoms with Crippen molar-refractivity contribution in [1.82, 2.24) is 0 Å². The van der Waals surface area contributed by atoms with Crippen LogP contribution in [-0.4, -0.2) is 5.91 Å². The highest BCUT2D eigenvalue weighted by atomic mass is 35.5. The van der Waals surface area contributed by atoms with Crippen molar-refractivity contribution in [2.24, 2.45) is 0 Å². The van der Waals surface area contributed by atoms with Gasteiger partial charge in [-0.15, -0.1) is 0 Å². The number of amides is 1. The summed E-state index contributed by atoms with van der Waals surface area (Å²) < 4.78 is 6.02. The Bertz CT molecular complexity index is 1460. The molecular weight excluding hydrogens is 465 g/mol. The molecule has 3 nitrogen and oxygen atoms in total. The molecule has 1 amide bonds. The summed E-state index contributed by atoms with van der Waals surface area (Å²) in [6, 6.07) is 25.1. The number of carbonyl (C=O) groups is 1. The van der Waals surface area contributed by atoms with Crippen LogP contribution in [0.25, 0.3) is 23.1 Å². The van der Waals surface area contributed by atoms with Crippen molar-refractivity contribution in [2.45, 2.75) is 13.8 Å². The van der Waals surface area contributed by atoms with E-state index in [4.69, 9.17) is 27.6 Å². The second-order valence-electron chi connectivity index (χ2n) is 8.26. The molecule has 0 saturated carbocycles. The van der Waals surface area contributed by atoms with Gasteiger partial charge in [0.05, 0.1) is 21.4 Å². The van der Waals surface area contributed by atoms with Gasteiger partial charge >= 0.3 is 0 Å². The lowest BCUT2D eigenvalue weighted by Gasteiger charge is -2.23. The van der Waals surface area contributed by atoms with Crippen molar-refractivity contribution in [3.63, 3.8) is 0 Å². The Hall–Kier alpha value is -3.53. The Balaban J connectivity index is 1.56. The van der Waals surface area contributed by atoms with Crippen LogP contribution in [0.5, 0.6) is 0 Å². The standard InChI is InChI=1S/C29H21Cl2NO2/c1-18-8-9-19(2)26(14-18)32-27(20-6-4-3-5-7-20)17-22(29(32)33)15-23-11-13-28(34-23)21-10-12-24(30)25(31)16-21/h3-17H,1-2H3. The van der Waals surface area contributed by atoms with Crippen LogP contribution >= 0.6 is 23.2 Å². The lowest BCUT2D eigenvalue weighted by molar-refractivity contribution is -0.113. The molecule has 5 heteroatoms.